The van der Waals surface area contributed by atoms with Gasteiger partial charge in [0.15, 0.2) is 0 Å². The van der Waals surface area contributed by atoms with Crippen molar-refractivity contribution in [3.8, 4) is 17.2 Å². The number of amides is 4. The summed E-state index contributed by atoms with van der Waals surface area (Å²) >= 11 is 0. The number of hydrogen-bond donors (Lipinski definition) is 1. The molecule has 0 spiro atoms. The molecule has 1 fully saturated rings. The molecule has 0 unspecified atom stereocenters. The largest absolute Gasteiger partial charge is 0.497 e. The Labute approximate surface area is 221 Å². The van der Waals surface area contributed by atoms with E-state index in [-0.39, 0.29) is 17.6 Å². The van der Waals surface area contributed by atoms with Gasteiger partial charge in [0.25, 0.3) is 11.8 Å². The molecule has 8 nitrogen and oxygen atoms in total. The summed E-state index contributed by atoms with van der Waals surface area (Å²) in [7, 11) is 1.52. The van der Waals surface area contributed by atoms with Gasteiger partial charge < -0.3 is 14.2 Å². The van der Waals surface area contributed by atoms with E-state index in [4.69, 9.17) is 14.2 Å². The molecule has 0 radical (unpaired) electrons. The molecule has 8 heteroatoms. The maximum Gasteiger partial charge on any atom is 0.335 e. The summed E-state index contributed by atoms with van der Waals surface area (Å²) in [5.74, 6) is 0.273. The monoisotopic (exact) mass is 514 g/mol. The van der Waals surface area contributed by atoms with Crippen LogP contribution in [0.3, 0.4) is 0 Å². The fourth-order valence-corrected chi connectivity index (χ4v) is 3.87. The first-order valence-corrected chi connectivity index (χ1v) is 12.2. The van der Waals surface area contributed by atoms with E-state index in [1.807, 2.05) is 24.3 Å². The highest BCUT2D eigenvalue weighted by molar-refractivity contribution is 6.39. The second-order valence-electron chi connectivity index (χ2n) is 9.67. The van der Waals surface area contributed by atoms with Crippen LogP contribution in [0.15, 0.2) is 78.4 Å². The number of barbiturate groups is 1. The molecule has 3 aromatic carbocycles. The molecule has 4 rings (SSSR count). The van der Waals surface area contributed by atoms with Gasteiger partial charge in [-0.1, -0.05) is 51.1 Å². The molecular weight excluding hydrogens is 484 g/mol. The summed E-state index contributed by atoms with van der Waals surface area (Å²) in [4.78, 5) is 39.2. The van der Waals surface area contributed by atoms with Crippen molar-refractivity contribution < 1.29 is 28.6 Å². The molecule has 0 aliphatic carbocycles. The van der Waals surface area contributed by atoms with E-state index in [9.17, 15) is 14.4 Å². The Morgan fingerprint density at radius 1 is 0.816 bits per heavy atom. The number of rotatable bonds is 8. The normalized spacial score (nSPS) is 14.9. The number of imide groups is 2. The Morgan fingerprint density at radius 2 is 1.45 bits per heavy atom. The van der Waals surface area contributed by atoms with E-state index in [1.165, 1.54) is 18.7 Å². The molecule has 0 atom stereocenters. The zero-order valence-electron chi connectivity index (χ0n) is 21.8. The number of ether oxygens (including phenoxy) is 3. The average molecular weight is 515 g/mol. The first-order chi connectivity index (χ1) is 18.2. The maximum absolute atomic E-state index is 13.2. The van der Waals surface area contributed by atoms with E-state index in [2.05, 4.69) is 26.1 Å². The van der Waals surface area contributed by atoms with Crippen LogP contribution in [0.2, 0.25) is 0 Å². The molecule has 4 amide bonds. The van der Waals surface area contributed by atoms with Gasteiger partial charge in [-0.15, -0.1) is 0 Å². The highest BCUT2D eigenvalue weighted by atomic mass is 16.5. The Morgan fingerprint density at radius 3 is 2.11 bits per heavy atom. The number of urea groups is 1. The number of hydrogen-bond acceptors (Lipinski definition) is 6. The van der Waals surface area contributed by atoms with Gasteiger partial charge in [-0.2, -0.15) is 0 Å². The standard InChI is InChI=1S/C30H30N2O6/c1-30(2,3)21-9-13-24(14-10-21)37-17-18-38-26-8-6-5-7-20(26)19-25-27(33)31-29(35)32(28(25)34)22-11-15-23(36-4)16-12-22/h5-16,19H,17-18H2,1-4H3,(H,31,33,35)/b25-19+. The van der Waals surface area contributed by atoms with Gasteiger partial charge in [0, 0.05) is 5.56 Å². The van der Waals surface area contributed by atoms with Crippen molar-refractivity contribution in [2.45, 2.75) is 26.2 Å². The predicted octanol–water partition coefficient (Wildman–Crippen LogP) is 5.12. The Hall–Kier alpha value is -4.59. The SMILES string of the molecule is COc1ccc(N2C(=O)NC(=O)/C(=C\c3ccccc3OCCOc3ccc(C(C)(C)C)cc3)C2=O)cc1. The number of anilines is 1. The summed E-state index contributed by atoms with van der Waals surface area (Å²) in [6.07, 6.45) is 1.42. The molecular formula is C30H30N2O6. The molecule has 1 saturated heterocycles. The summed E-state index contributed by atoms with van der Waals surface area (Å²) < 4.78 is 16.8. The molecule has 3 aromatic rings. The molecule has 196 valence electrons. The number of carbonyl (C=O) groups is 3. The second-order valence-corrected chi connectivity index (χ2v) is 9.67. The first-order valence-electron chi connectivity index (χ1n) is 12.2. The van der Waals surface area contributed by atoms with Gasteiger partial charge in [-0.05, 0) is 59.5 Å². The van der Waals surface area contributed by atoms with Crippen LogP contribution < -0.4 is 24.4 Å². The van der Waals surface area contributed by atoms with Gasteiger partial charge in [-0.3, -0.25) is 14.9 Å². The second kappa shape index (κ2) is 11.2. The molecule has 38 heavy (non-hydrogen) atoms. The molecule has 0 saturated carbocycles. The van der Waals surface area contributed by atoms with Crippen LogP contribution in [0.1, 0.15) is 31.9 Å². The Bertz CT molecular complexity index is 1350. The molecule has 1 N–H and O–H groups in total. The van der Waals surface area contributed by atoms with Crippen molar-refractivity contribution in [1.29, 1.82) is 0 Å². The first kappa shape index (κ1) is 26.5. The topological polar surface area (TPSA) is 94.2 Å². The lowest BCUT2D eigenvalue weighted by Gasteiger charge is -2.26. The summed E-state index contributed by atoms with van der Waals surface area (Å²) in [6.45, 7) is 7.02. The summed E-state index contributed by atoms with van der Waals surface area (Å²) in [6, 6.07) is 20.5. The van der Waals surface area contributed by atoms with Crippen LogP contribution in [0, 0.1) is 0 Å². The number of nitrogens with zero attached hydrogens (tertiary/aromatic N) is 1. The van der Waals surface area contributed by atoms with Crippen molar-refractivity contribution in [1.82, 2.24) is 5.32 Å². The van der Waals surface area contributed by atoms with Gasteiger partial charge in [0.05, 0.1) is 12.8 Å². The minimum Gasteiger partial charge on any atom is -0.497 e. The summed E-state index contributed by atoms with van der Waals surface area (Å²) in [5.41, 5.74) is 1.92. The minimum atomic E-state index is -0.820. The van der Waals surface area contributed by atoms with E-state index >= 15 is 0 Å². The number of methoxy groups -OCH3 is 1. The van der Waals surface area contributed by atoms with Gasteiger partial charge >= 0.3 is 6.03 Å². The van der Waals surface area contributed by atoms with E-state index in [1.54, 1.807) is 48.5 Å². The number of nitrogens with one attached hydrogen (secondary N) is 1. The fourth-order valence-electron chi connectivity index (χ4n) is 3.87. The lowest BCUT2D eigenvalue weighted by molar-refractivity contribution is -0.122. The molecule has 1 aliphatic rings. The van der Waals surface area contributed by atoms with E-state index < -0.39 is 17.8 Å². The maximum atomic E-state index is 13.2. The Balaban J connectivity index is 1.46. The van der Waals surface area contributed by atoms with Crippen LogP contribution in [0.4, 0.5) is 10.5 Å². The molecule has 0 aromatic heterocycles. The smallest absolute Gasteiger partial charge is 0.335 e. The van der Waals surface area contributed by atoms with Crippen molar-refractivity contribution >= 4 is 29.6 Å². The molecule has 1 aliphatic heterocycles. The van der Waals surface area contributed by atoms with Gasteiger partial charge in [0.1, 0.15) is 36.0 Å². The zero-order valence-corrected chi connectivity index (χ0v) is 21.8. The van der Waals surface area contributed by atoms with Crippen LogP contribution >= 0.6 is 0 Å². The Kier molecular flexibility index (Phi) is 7.81. The number of carbonyl (C=O) groups excluding carboxylic acids is 3. The highest BCUT2D eigenvalue weighted by Gasteiger charge is 2.37. The van der Waals surface area contributed by atoms with Crippen LogP contribution in [-0.4, -0.2) is 38.2 Å². The number of para-hydroxylation sites is 1. The predicted molar refractivity (Wildman–Crippen MR) is 145 cm³/mol. The van der Waals surface area contributed by atoms with Crippen LogP contribution in [-0.2, 0) is 15.0 Å². The quantitative estimate of drug-likeness (QED) is 0.255. The van der Waals surface area contributed by atoms with Crippen molar-refractivity contribution in [2.24, 2.45) is 0 Å². The minimum absolute atomic E-state index is 0.0649. The zero-order chi connectivity index (χ0) is 27.3. The van der Waals surface area contributed by atoms with Gasteiger partial charge in [0.2, 0.25) is 0 Å². The van der Waals surface area contributed by atoms with Gasteiger partial charge in [-0.25, -0.2) is 9.69 Å². The van der Waals surface area contributed by atoms with Crippen molar-refractivity contribution in [3.05, 3.63) is 89.5 Å². The van der Waals surface area contributed by atoms with Crippen molar-refractivity contribution in [2.75, 3.05) is 25.2 Å². The lowest BCUT2D eigenvalue weighted by Crippen LogP contribution is -2.54. The number of benzene rings is 3. The van der Waals surface area contributed by atoms with E-state index in [0.29, 0.717) is 29.4 Å². The summed E-state index contributed by atoms with van der Waals surface area (Å²) in [5, 5.41) is 2.23. The van der Waals surface area contributed by atoms with E-state index in [0.717, 1.165) is 10.6 Å². The van der Waals surface area contributed by atoms with Crippen LogP contribution in [0.25, 0.3) is 6.08 Å². The average Bonchev–Trinajstić information content (AvgIpc) is 2.90. The third-order valence-corrected chi connectivity index (χ3v) is 5.98. The molecule has 0 bridgehead atoms. The molecule has 1 heterocycles. The van der Waals surface area contributed by atoms with Crippen LogP contribution in [0.5, 0.6) is 17.2 Å². The highest BCUT2D eigenvalue weighted by Crippen LogP contribution is 2.27. The fraction of sp³-hybridized carbons (Fsp3) is 0.233. The third-order valence-electron chi connectivity index (χ3n) is 5.98. The van der Waals surface area contributed by atoms with Crippen molar-refractivity contribution in [3.63, 3.8) is 0 Å². The third kappa shape index (κ3) is 6.03. The lowest BCUT2D eigenvalue weighted by atomic mass is 9.87.